The lowest BCUT2D eigenvalue weighted by Gasteiger charge is -2.29. The summed E-state index contributed by atoms with van der Waals surface area (Å²) < 4.78 is 5.17. The van der Waals surface area contributed by atoms with Gasteiger partial charge in [0, 0.05) is 0 Å². The van der Waals surface area contributed by atoms with Gasteiger partial charge in [-0.25, -0.2) is 0 Å². The first-order valence-electron chi connectivity index (χ1n) is 5.15. The third kappa shape index (κ3) is 2.83. The maximum absolute atomic E-state index is 9.20. The summed E-state index contributed by atoms with van der Waals surface area (Å²) in [6.07, 6.45) is 0.603. The van der Waals surface area contributed by atoms with Crippen molar-refractivity contribution < 1.29 is 14.6 Å². The van der Waals surface area contributed by atoms with E-state index in [0.29, 0.717) is 18.7 Å². The summed E-state index contributed by atoms with van der Waals surface area (Å²) >= 11 is 0. The predicted octanol–water partition coefficient (Wildman–Crippen LogP) is 0.374. The second kappa shape index (κ2) is 5.66. The first-order valence-corrected chi connectivity index (χ1v) is 5.15. The molecule has 1 aromatic heterocycles. The smallest absolute Gasteiger partial charge is 0.203 e. The van der Waals surface area contributed by atoms with Crippen LogP contribution in [0.1, 0.15) is 24.9 Å². The van der Waals surface area contributed by atoms with Gasteiger partial charge in [-0.05, 0) is 18.6 Å². The normalized spacial score (nSPS) is 11.4. The molecule has 88 valence electrons. The van der Waals surface area contributed by atoms with Crippen molar-refractivity contribution in [3.8, 4) is 6.07 Å². The number of furan rings is 1. The van der Waals surface area contributed by atoms with Crippen molar-refractivity contribution in [3.63, 3.8) is 0 Å². The van der Waals surface area contributed by atoms with Gasteiger partial charge in [-0.2, -0.15) is 5.26 Å². The first-order chi connectivity index (χ1) is 7.69. The molecule has 0 aliphatic rings. The van der Waals surface area contributed by atoms with Crippen LogP contribution in [0.5, 0.6) is 0 Å². The maximum Gasteiger partial charge on any atom is 0.203 e. The minimum absolute atomic E-state index is 0.147. The van der Waals surface area contributed by atoms with E-state index in [9.17, 15) is 10.2 Å². The van der Waals surface area contributed by atoms with Crippen LogP contribution in [0, 0.1) is 11.3 Å². The van der Waals surface area contributed by atoms with Crippen molar-refractivity contribution in [2.24, 2.45) is 0 Å². The van der Waals surface area contributed by atoms with Gasteiger partial charge in [-0.3, -0.25) is 0 Å². The Morgan fingerprint density at radius 2 is 2.12 bits per heavy atom. The average molecular weight is 224 g/mol. The molecule has 5 nitrogen and oxygen atoms in total. The number of rotatable bonds is 6. The van der Waals surface area contributed by atoms with E-state index >= 15 is 0 Å². The van der Waals surface area contributed by atoms with Gasteiger partial charge in [0.25, 0.3) is 0 Å². The predicted molar refractivity (Wildman–Crippen MR) is 57.5 cm³/mol. The molecule has 16 heavy (non-hydrogen) atoms. The van der Waals surface area contributed by atoms with Crippen LogP contribution >= 0.6 is 0 Å². The van der Waals surface area contributed by atoms with Crippen LogP contribution in [0.15, 0.2) is 16.5 Å². The molecule has 0 bridgehead atoms. The third-order valence-corrected chi connectivity index (χ3v) is 2.69. The molecule has 1 rings (SSSR count). The Hall–Kier alpha value is -1.35. The van der Waals surface area contributed by atoms with Gasteiger partial charge in [-0.15, -0.1) is 0 Å². The Morgan fingerprint density at radius 3 is 2.56 bits per heavy atom. The molecule has 3 N–H and O–H groups in total. The monoisotopic (exact) mass is 224 g/mol. The summed E-state index contributed by atoms with van der Waals surface area (Å²) in [4.78, 5) is 0. The molecule has 0 atom stereocenters. The van der Waals surface area contributed by atoms with Crippen LogP contribution in [0.2, 0.25) is 0 Å². The van der Waals surface area contributed by atoms with Crippen molar-refractivity contribution >= 4 is 0 Å². The molecule has 0 spiro atoms. The summed E-state index contributed by atoms with van der Waals surface area (Å²) in [6.45, 7) is 1.95. The van der Waals surface area contributed by atoms with Crippen LogP contribution in [0.3, 0.4) is 0 Å². The topological polar surface area (TPSA) is 89.4 Å². The van der Waals surface area contributed by atoms with E-state index in [4.69, 9.17) is 9.68 Å². The second-order valence-electron chi connectivity index (χ2n) is 3.68. The minimum atomic E-state index is -0.695. The van der Waals surface area contributed by atoms with Crippen LogP contribution < -0.4 is 5.32 Å². The highest BCUT2D eigenvalue weighted by Crippen LogP contribution is 2.12. The fourth-order valence-corrected chi connectivity index (χ4v) is 1.32. The van der Waals surface area contributed by atoms with Gasteiger partial charge in [0.1, 0.15) is 11.8 Å². The van der Waals surface area contributed by atoms with E-state index < -0.39 is 5.54 Å². The Kier molecular flexibility index (Phi) is 4.50. The number of aliphatic hydroxyl groups excluding tert-OH is 2. The molecule has 0 aliphatic carbocycles. The van der Waals surface area contributed by atoms with Crippen LogP contribution in [-0.4, -0.2) is 29.0 Å². The van der Waals surface area contributed by atoms with Crippen molar-refractivity contribution in [1.29, 1.82) is 5.26 Å². The van der Waals surface area contributed by atoms with Crippen LogP contribution in [0.25, 0.3) is 0 Å². The molecule has 0 aromatic carbocycles. The molecule has 0 fully saturated rings. The zero-order chi connectivity index (χ0) is 12.0. The van der Waals surface area contributed by atoms with Gasteiger partial charge in [0.05, 0.1) is 25.3 Å². The van der Waals surface area contributed by atoms with Crippen molar-refractivity contribution in [2.45, 2.75) is 25.4 Å². The standard InChI is InChI=1S/C11H16N2O3/c1-2-11(7-14,8-15)13-6-10-4-3-9(5-12)16-10/h3-4,13-15H,2,6-8H2,1H3. The summed E-state index contributed by atoms with van der Waals surface area (Å²) in [7, 11) is 0. The number of nitriles is 1. The lowest BCUT2D eigenvalue weighted by Crippen LogP contribution is -2.50. The molecule has 1 aromatic rings. The van der Waals surface area contributed by atoms with Gasteiger partial charge in [-0.1, -0.05) is 6.92 Å². The number of nitrogens with zero attached hydrogens (tertiary/aromatic N) is 1. The van der Waals surface area contributed by atoms with Gasteiger partial charge < -0.3 is 19.9 Å². The molecule has 0 saturated heterocycles. The lowest BCUT2D eigenvalue weighted by molar-refractivity contribution is 0.0848. The molecular formula is C11H16N2O3. The molecule has 0 radical (unpaired) electrons. The molecule has 0 unspecified atom stereocenters. The minimum Gasteiger partial charge on any atom is -0.449 e. The van der Waals surface area contributed by atoms with Crippen LogP contribution in [0.4, 0.5) is 0 Å². The second-order valence-corrected chi connectivity index (χ2v) is 3.68. The summed E-state index contributed by atoms with van der Waals surface area (Å²) in [5.41, 5.74) is -0.695. The molecule has 0 saturated carbocycles. The molecule has 1 heterocycles. The first kappa shape index (κ1) is 12.7. The number of aliphatic hydroxyl groups is 2. The Morgan fingerprint density at radius 1 is 1.44 bits per heavy atom. The zero-order valence-electron chi connectivity index (χ0n) is 9.23. The van der Waals surface area contributed by atoms with E-state index in [1.54, 1.807) is 12.1 Å². The Balaban J connectivity index is 2.59. The van der Waals surface area contributed by atoms with E-state index in [1.165, 1.54) is 0 Å². The van der Waals surface area contributed by atoms with E-state index in [0.717, 1.165) is 0 Å². The molecule has 5 heteroatoms. The molecule has 0 amide bonds. The highest BCUT2D eigenvalue weighted by molar-refractivity contribution is 5.19. The SMILES string of the molecule is CCC(CO)(CO)NCc1ccc(C#N)o1. The number of nitrogens with one attached hydrogen (secondary N) is 1. The summed E-state index contributed by atoms with van der Waals surface area (Å²) in [5, 5.41) is 30.0. The van der Waals surface area contributed by atoms with E-state index in [1.807, 2.05) is 13.0 Å². The largest absolute Gasteiger partial charge is 0.449 e. The van der Waals surface area contributed by atoms with Gasteiger partial charge in [0.15, 0.2) is 0 Å². The molecular weight excluding hydrogens is 208 g/mol. The fourth-order valence-electron chi connectivity index (χ4n) is 1.32. The number of hydrogen-bond acceptors (Lipinski definition) is 5. The van der Waals surface area contributed by atoms with Crippen LogP contribution in [-0.2, 0) is 6.54 Å². The highest BCUT2D eigenvalue weighted by Gasteiger charge is 2.25. The van der Waals surface area contributed by atoms with E-state index in [-0.39, 0.29) is 19.0 Å². The summed E-state index contributed by atoms with van der Waals surface area (Å²) in [6, 6.07) is 5.17. The van der Waals surface area contributed by atoms with Gasteiger partial charge in [0.2, 0.25) is 5.76 Å². The Bertz CT molecular complexity index is 355. The fraction of sp³-hybridized carbons (Fsp3) is 0.545. The maximum atomic E-state index is 9.20. The third-order valence-electron chi connectivity index (χ3n) is 2.69. The van der Waals surface area contributed by atoms with E-state index in [2.05, 4.69) is 5.32 Å². The highest BCUT2D eigenvalue weighted by atomic mass is 16.3. The van der Waals surface area contributed by atoms with Gasteiger partial charge >= 0.3 is 0 Å². The Labute approximate surface area is 94.3 Å². The lowest BCUT2D eigenvalue weighted by atomic mass is 9.98. The van der Waals surface area contributed by atoms with Crippen molar-refractivity contribution in [2.75, 3.05) is 13.2 Å². The quantitative estimate of drug-likeness (QED) is 0.649. The number of hydrogen-bond donors (Lipinski definition) is 3. The zero-order valence-corrected chi connectivity index (χ0v) is 9.23. The summed E-state index contributed by atoms with van der Waals surface area (Å²) in [5.74, 6) is 0.864. The van der Waals surface area contributed by atoms with Crippen molar-refractivity contribution in [3.05, 3.63) is 23.7 Å². The van der Waals surface area contributed by atoms with Crippen molar-refractivity contribution in [1.82, 2.24) is 5.32 Å². The average Bonchev–Trinajstić information content (AvgIpc) is 2.80. The molecule has 0 aliphatic heterocycles.